The van der Waals surface area contributed by atoms with Gasteiger partial charge in [0.2, 0.25) is 0 Å². The lowest BCUT2D eigenvalue weighted by Gasteiger charge is -2.32. The lowest BCUT2D eigenvalue weighted by Crippen LogP contribution is -2.41. The molecule has 3 rings (SSSR count). The lowest BCUT2D eigenvalue weighted by molar-refractivity contribution is 0.00578. The highest BCUT2D eigenvalue weighted by Crippen LogP contribution is 2.58. The summed E-state index contributed by atoms with van der Waals surface area (Å²) in [6, 6.07) is 10.1. The molecule has 1 aromatic rings. The number of hydrogen-bond acceptors (Lipinski definition) is 3. The van der Waals surface area contributed by atoms with E-state index in [1.165, 1.54) is 5.56 Å². The summed E-state index contributed by atoms with van der Waals surface area (Å²) in [6.45, 7) is 8.34. The van der Waals surface area contributed by atoms with Crippen molar-refractivity contribution in [3.63, 3.8) is 0 Å². The number of rotatable bonds is 2. The van der Waals surface area contributed by atoms with Gasteiger partial charge in [-0.25, -0.2) is 0 Å². The standard InChI is InChI=1S/C16H20BNO2/c1-15(2)16(3,4)20-17(19-15)14-9-13(14)12-7-5-6-11(8-12)10-18/h5-8,13-14H,9H2,1-4H3/t13-,14?/m0/s1. The van der Waals surface area contributed by atoms with Crippen molar-refractivity contribution in [2.75, 3.05) is 0 Å². The van der Waals surface area contributed by atoms with Crippen LogP contribution in [0.1, 0.15) is 51.2 Å². The highest BCUT2D eigenvalue weighted by Gasteiger charge is 2.59. The zero-order valence-corrected chi connectivity index (χ0v) is 12.5. The van der Waals surface area contributed by atoms with Crippen LogP contribution in [0.5, 0.6) is 0 Å². The third-order valence-electron chi connectivity index (χ3n) is 4.90. The maximum Gasteiger partial charge on any atom is 0.461 e. The largest absolute Gasteiger partial charge is 0.461 e. The summed E-state index contributed by atoms with van der Waals surface area (Å²) in [5.74, 6) is 0.864. The molecule has 0 N–H and O–H groups in total. The van der Waals surface area contributed by atoms with E-state index < -0.39 is 0 Å². The molecule has 1 aliphatic heterocycles. The molecular weight excluding hydrogens is 249 g/mol. The highest BCUT2D eigenvalue weighted by molar-refractivity contribution is 6.49. The molecule has 2 atom stereocenters. The van der Waals surface area contributed by atoms with Crippen molar-refractivity contribution in [2.24, 2.45) is 0 Å². The SMILES string of the molecule is CC1(C)OB(C2C[C@H]2c2cccc(C#N)c2)OC1(C)C. The number of nitrogens with zero attached hydrogens (tertiary/aromatic N) is 1. The molecule has 0 spiro atoms. The third-order valence-corrected chi connectivity index (χ3v) is 4.90. The van der Waals surface area contributed by atoms with Gasteiger partial charge in [-0.1, -0.05) is 12.1 Å². The molecule has 1 heterocycles. The van der Waals surface area contributed by atoms with Gasteiger partial charge in [0.25, 0.3) is 0 Å². The van der Waals surface area contributed by atoms with Gasteiger partial charge < -0.3 is 9.31 Å². The second-order valence-corrected chi connectivity index (χ2v) is 6.87. The van der Waals surface area contributed by atoms with Gasteiger partial charge in [0, 0.05) is 5.82 Å². The number of benzene rings is 1. The predicted octanol–water partition coefficient (Wildman–Crippen LogP) is 3.51. The fourth-order valence-electron chi connectivity index (χ4n) is 2.80. The Balaban J connectivity index is 1.73. The predicted molar refractivity (Wildman–Crippen MR) is 78.3 cm³/mol. The molecule has 0 bridgehead atoms. The van der Waals surface area contributed by atoms with Crippen molar-refractivity contribution in [3.05, 3.63) is 35.4 Å². The van der Waals surface area contributed by atoms with E-state index in [-0.39, 0.29) is 18.3 Å². The van der Waals surface area contributed by atoms with Gasteiger partial charge in [-0.2, -0.15) is 5.26 Å². The van der Waals surface area contributed by atoms with E-state index in [2.05, 4.69) is 39.8 Å². The van der Waals surface area contributed by atoms with Crippen molar-refractivity contribution < 1.29 is 9.31 Å². The van der Waals surface area contributed by atoms with E-state index in [0.717, 1.165) is 12.0 Å². The van der Waals surface area contributed by atoms with Gasteiger partial charge >= 0.3 is 7.12 Å². The molecule has 0 aromatic heterocycles. The molecule has 0 radical (unpaired) electrons. The summed E-state index contributed by atoms with van der Waals surface area (Å²) in [7, 11) is -0.129. The Hall–Kier alpha value is -1.31. The van der Waals surface area contributed by atoms with Crippen LogP contribution in [0.3, 0.4) is 0 Å². The average Bonchev–Trinajstić information content (AvgIpc) is 3.13. The third kappa shape index (κ3) is 2.15. The van der Waals surface area contributed by atoms with Gasteiger partial charge in [-0.3, -0.25) is 0 Å². The maximum absolute atomic E-state index is 8.98. The Bertz CT molecular complexity index is 560. The zero-order chi connectivity index (χ0) is 14.5. The molecule has 1 unspecified atom stereocenters. The van der Waals surface area contributed by atoms with Crippen molar-refractivity contribution >= 4 is 7.12 Å². The fourth-order valence-corrected chi connectivity index (χ4v) is 2.80. The summed E-state index contributed by atoms with van der Waals surface area (Å²) in [5.41, 5.74) is 1.42. The van der Waals surface area contributed by atoms with Crippen LogP contribution in [0.2, 0.25) is 5.82 Å². The van der Waals surface area contributed by atoms with Crippen molar-refractivity contribution in [3.8, 4) is 6.07 Å². The maximum atomic E-state index is 8.98. The van der Waals surface area contributed by atoms with E-state index in [1.807, 2.05) is 18.2 Å². The molecule has 1 saturated carbocycles. The summed E-state index contributed by atoms with van der Waals surface area (Å²) in [6.07, 6.45) is 1.08. The highest BCUT2D eigenvalue weighted by atomic mass is 16.7. The van der Waals surface area contributed by atoms with Crippen molar-refractivity contribution in [1.82, 2.24) is 0 Å². The number of hydrogen-bond donors (Lipinski definition) is 0. The molecule has 0 amide bonds. The molecule has 2 fully saturated rings. The summed E-state index contributed by atoms with van der Waals surface area (Å²) in [4.78, 5) is 0. The monoisotopic (exact) mass is 269 g/mol. The summed E-state index contributed by atoms with van der Waals surface area (Å²) < 4.78 is 12.2. The minimum absolute atomic E-state index is 0.129. The molecule has 1 saturated heterocycles. The Morgan fingerprint density at radius 3 is 2.45 bits per heavy atom. The van der Waals surface area contributed by atoms with Crippen LogP contribution >= 0.6 is 0 Å². The minimum atomic E-state index is -0.265. The molecule has 1 aromatic carbocycles. The average molecular weight is 269 g/mol. The van der Waals surface area contributed by atoms with Crippen LogP contribution in [0.25, 0.3) is 0 Å². The van der Waals surface area contributed by atoms with Gasteiger partial charge in [-0.05, 0) is 57.7 Å². The van der Waals surface area contributed by atoms with Crippen LogP contribution in [0.4, 0.5) is 0 Å². The zero-order valence-electron chi connectivity index (χ0n) is 12.5. The first-order chi connectivity index (χ1) is 9.34. The Kier molecular flexibility index (Phi) is 2.97. The fraction of sp³-hybridized carbons (Fsp3) is 0.562. The smallest absolute Gasteiger partial charge is 0.403 e. The van der Waals surface area contributed by atoms with Crippen LogP contribution in [0, 0.1) is 11.3 Å². The summed E-state index contributed by atoms with van der Waals surface area (Å²) in [5, 5.41) is 8.98. The van der Waals surface area contributed by atoms with E-state index in [1.54, 1.807) is 0 Å². The topological polar surface area (TPSA) is 42.2 Å². The Morgan fingerprint density at radius 1 is 1.20 bits per heavy atom. The van der Waals surface area contributed by atoms with E-state index in [4.69, 9.17) is 14.6 Å². The normalized spacial score (nSPS) is 30.1. The molecule has 1 aliphatic carbocycles. The second kappa shape index (κ2) is 4.34. The van der Waals surface area contributed by atoms with Crippen molar-refractivity contribution in [2.45, 2.75) is 57.1 Å². The van der Waals surface area contributed by atoms with Crippen LogP contribution in [-0.4, -0.2) is 18.3 Å². The lowest BCUT2D eigenvalue weighted by atomic mass is 9.79. The summed E-state index contributed by atoms with van der Waals surface area (Å²) >= 11 is 0. The second-order valence-electron chi connectivity index (χ2n) is 6.87. The van der Waals surface area contributed by atoms with Gasteiger partial charge in [0.1, 0.15) is 0 Å². The van der Waals surface area contributed by atoms with Gasteiger partial charge in [0.15, 0.2) is 0 Å². The molecule has 20 heavy (non-hydrogen) atoms. The van der Waals surface area contributed by atoms with E-state index in [9.17, 15) is 0 Å². The Labute approximate surface area is 121 Å². The van der Waals surface area contributed by atoms with Gasteiger partial charge in [0.05, 0.1) is 22.8 Å². The van der Waals surface area contributed by atoms with E-state index in [0.29, 0.717) is 11.7 Å². The van der Waals surface area contributed by atoms with Gasteiger partial charge in [-0.15, -0.1) is 0 Å². The Morgan fingerprint density at radius 2 is 1.85 bits per heavy atom. The molecule has 4 heteroatoms. The minimum Gasteiger partial charge on any atom is -0.403 e. The van der Waals surface area contributed by atoms with E-state index >= 15 is 0 Å². The van der Waals surface area contributed by atoms with Crippen LogP contribution in [-0.2, 0) is 9.31 Å². The molecule has 104 valence electrons. The quantitative estimate of drug-likeness (QED) is 0.771. The first-order valence-electron chi connectivity index (χ1n) is 7.20. The molecule has 3 nitrogen and oxygen atoms in total. The first kappa shape index (κ1) is 13.7. The van der Waals surface area contributed by atoms with Crippen molar-refractivity contribution in [1.29, 1.82) is 5.26 Å². The molecular formula is C16H20BNO2. The number of nitriles is 1. The van der Waals surface area contributed by atoms with Crippen LogP contribution < -0.4 is 0 Å². The van der Waals surface area contributed by atoms with Crippen LogP contribution in [0.15, 0.2) is 24.3 Å². The molecule has 2 aliphatic rings. The first-order valence-corrected chi connectivity index (χ1v) is 7.20.